The molecule has 90 valence electrons. The van der Waals surface area contributed by atoms with Gasteiger partial charge >= 0.3 is 0 Å². The molecule has 1 aromatic rings. The summed E-state index contributed by atoms with van der Waals surface area (Å²) in [4.78, 5) is 1.86. The van der Waals surface area contributed by atoms with Crippen molar-refractivity contribution in [3.63, 3.8) is 0 Å². The van der Waals surface area contributed by atoms with Gasteiger partial charge in [0.15, 0.2) is 0 Å². The molecule has 0 fully saturated rings. The molecule has 0 atom stereocenters. The van der Waals surface area contributed by atoms with Crippen LogP contribution in [-0.2, 0) is 6.42 Å². The number of hydrogen-bond acceptors (Lipinski definition) is 3. The van der Waals surface area contributed by atoms with E-state index in [1.807, 2.05) is 37.2 Å². The highest BCUT2D eigenvalue weighted by atomic mass is 16.5. The summed E-state index contributed by atoms with van der Waals surface area (Å²) in [5.41, 5.74) is 2.66. The van der Waals surface area contributed by atoms with Crippen molar-refractivity contribution >= 4 is 5.57 Å². The summed E-state index contributed by atoms with van der Waals surface area (Å²) >= 11 is 0. The number of hydrogen-bond donors (Lipinski definition) is 0. The Hall–Kier alpha value is -1.95. The van der Waals surface area contributed by atoms with E-state index >= 15 is 0 Å². The second kappa shape index (κ2) is 5.95. The van der Waals surface area contributed by atoms with E-state index in [2.05, 4.69) is 13.0 Å². The molecule has 0 aliphatic rings. The highest BCUT2D eigenvalue weighted by Gasteiger charge is 2.09. The quantitative estimate of drug-likeness (QED) is 0.746. The largest absolute Gasteiger partial charge is 0.496 e. The van der Waals surface area contributed by atoms with Gasteiger partial charge in [-0.2, -0.15) is 5.26 Å². The third-order valence-corrected chi connectivity index (χ3v) is 2.47. The summed E-state index contributed by atoms with van der Waals surface area (Å²) in [5.74, 6) is 0.733. The van der Waals surface area contributed by atoms with Crippen LogP contribution in [0.25, 0.3) is 5.57 Å². The lowest BCUT2D eigenvalue weighted by atomic mass is 10.0. The van der Waals surface area contributed by atoms with E-state index in [0.29, 0.717) is 5.57 Å². The summed E-state index contributed by atoms with van der Waals surface area (Å²) in [6, 6.07) is 8.16. The second-order valence-corrected chi connectivity index (χ2v) is 4.01. The zero-order chi connectivity index (χ0) is 12.8. The monoisotopic (exact) mass is 230 g/mol. The van der Waals surface area contributed by atoms with Crippen molar-refractivity contribution in [1.82, 2.24) is 4.90 Å². The lowest BCUT2D eigenvalue weighted by Gasteiger charge is -2.11. The summed E-state index contributed by atoms with van der Waals surface area (Å²) < 4.78 is 5.30. The molecule has 0 aromatic heterocycles. The molecule has 0 bridgehead atoms. The van der Waals surface area contributed by atoms with Crippen LogP contribution in [0.4, 0.5) is 0 Å². The van der Waals surface area contributed by atoms with E-state index in [-0.39, 0.29) is 0 Å². The second-order valence-electron chi connectivity index (χ2n) is 4.01. The lowest BCUT2D eigenvalue weighted by Crippen LogP contribution is -2.03. The zero-order valence-electron chi connectivity index (χ0n) is 10.8. The Kier molecular flexibility index (Phi) is 4.59. The Morgan fingerprint density at radius 3 is 2.65 bits per heavy atom. The van der Waals surface area contributed by atoms with Gasteiger partial charge in [0, 0.05) is 25.9 Å². The van der Waals surface area contributed by atoms with Gasteiger partial charge < -0.3 is 9.64 Å². The Bertz CT molecular complexity index is 456. The van der Waals surface area contributed by atoms with Crippen LogP contribution in [0.15, 0.2) is 24.4 Å². The molecule has 1 rings (SSSR count). The molecule has 0 aliphatic heterocycles. The van der Waals surface area contributed by atoms with Crippen molar-refractivity contribution in [2.75, 3.05) is 21.2 Å². The molecule has 0 saturated heterocycles. The van der Waals surface area contributed by atoms with Crippen LogP contribution >= 0.6 is 0 Å². The van der Waals surface area contributed by atoms with Gasteiger partial charge in [-0.25, -0.2) is 0 Å². The molecular weight excluding hydrogens is 212 g/mol. The van der Waals surface area contributed by atoms with Crippen molar-refractivity contribution in [3.05, 3.63) is 35.5 Å². The molecular formula is C14H18N2O. The SMILES string of the molecule is CCc1ccc(OC)c(/C(C#N)=C/N(C)C)c1. The summed E-state index contributed by atoms with van der Waals surface area (Å²) in [6.45, 7) is 2.09. The minimum Gasteiger partial charge on any atom is -0.496 e. The molecule has 0 spiro atoms. The van der Waals surface area contributed by atoms with Crippen LogP contribution in [0, 0.1) is 11.3 Å². The fourth-order valence-corrected chi connectivity index (χ4v) is 1.60. The Morgan fingerprint density at radius 1 is 1.47 bits per heavy atom. The zero-order valence-corrected chi connectivity index (χ0v) is 10.8. The summed E-state index contributed by atoms with van der Waals surface area (Å²) in [6.07, 6.45) is 2.75. The maximum Gasteiger partial charge on any atom is 0.127 e. The summed E-state index contributed by atoms with van der Waals surface area (Å²) in [5, 5.41) is 9.21. The van der Waals surface area contributed by atoms with Crippen molar-refractivity contribution in [2.24, 2.45) is 0 Å². The average Bonchev–Trinajstić information content (AvgIpc) is 2.34. The van der Waals surface area contributed by atoms with Crippen molar-refractivity contribution in [1.29, 1.82) is 5.26 Å². The number of aryl methyl sites for hydroxylation is 1. The van der Waals surface area contributed by atoms with Crippen LogP contribution in [0.5, 0.6) is 5.75 Å². The minimum absolute atomic E-state index is 0.613. The molecule has 0 N–H and O–H groups in total. The predicted molar refractivity (Wildman–Crippen MR) is 69.6 cm³/mol. The predicted octanol–water partition coefficient (Wildman–Crippen LogP) is 2.68. The van der Waals surface area contributed by atoms with E-state index in [9.17, 15) is 5.26 Å². The van der Waals surface area contributed by atoms with Crippen molar-refractivity contribution in [2.45, 2.75) is 13.3 Å². The number of rotatable bonds is 4. The van der Waals surface area contributed by atoms with Gasteiger partial charge in [0.05, 0.1) is 12.7 Å². The number of benzene rings is 1. The van der Waals surface area contributed by atoms with Gasteiger partial charge in [0.2, 0.25) is 0 Å². The smallest absolute Gasteiger partial charge is 0.127 e. The first-order valence-electron chi connectivity index (χ1n) is 5.58. The van der Waals surface area contributed by atoms with Gasteiger partial charge in [-0.1, -0.05) is 13.0 Å². The minimum atomic E-state index is 0.613. The van der Waals surface area contributed by atoms with Crippen LogP contribution in [0.2, 0.25) is 0 Å². The van der Waals surface area contributed by atoms with E-state index in [4.69, 9.17) is 4.74 Å². The van der Waals surface area contributed by atoms with Gasteiger partial charge in [0.25, 0.3) is 0 Å². The van der Waals surface area contributed by atoms with Gasteiger partial charge in [-0.3, -0.25) is 0 Å². The number of nitriles is 1. The average molecular weight is 230 g/mol. The van der Waals surface area contributed by atoms with Crippen LogP contribution in [0.3, 0.4) is 0 Å². The number of methoxy groups -OCH3 is 1. The number of allylic oxidation sites excluding steroid dienone is 1. The maximum atomic E-state index is 9.21. The first kappa shape index (κ1) is 13.1. The molecule has 17 heavy (non-hydrogen) atoms. The van der Waals surface area contributed by atoms with Crippen molar-refractivity contribution < 1.29 is 4.74 Å². The molecule has 1 aromatic carbocycles. The van der Waals surface area contributed by atoms with Crippen LogP contribution in [-0.4, -0.2) is 26.1 Å². The molecule has 3 heteroatoms. The maximum absolute atomic E-state index is 9.21. The Morgan fingerprint density at radius 2 is 2.18 bits per heavy atom. The first-order valence-corrected chi connectivity index (χ1v) is 5.58. The summed E-state index contributed by atoms with van der Waals surface area (Å²) in [7, 11) is 5.41. The highest BCUT2D eigenvalue weighted by molar-refractivity contribution is 5.80. The van der Waals surface area contributed by atoms with E-state index in [1.54, 1.807) is 13.3 Å². The molecule has 0 saturated carbocycles. The fraction of sp³-hybridized carbons (Fsp3) is 0.357. The fourth-order valence-electron chi connectivity index (χ4n) is 1.60. The topological polar surface area (TPSA) is 36.3 Å². The Labute approximate surface area is 103 Å². The Balaban J connectivity index is 3.31. The third kappa shape index (κ3) is 3.25. The molecule has 0 radical (unpaired) electrons. The number of nitrogens with zero attached hydrogens (tertiary/aromatic N) is 2. The standard InChI is InChI=1S/C14H18N2O/c1-5-11-6-7-14(17-4)13(8-11)12(9-15)10-16(2)3/h6-8,10H,5H2,1-4H3/b12-10+. The lowest BCUT2D eigenvalue weighted by molar-refractivity contribution is 0.413. The highest BCUT2D eigenvalue weighted by Crippen LogP contribution is 2.27. The number of ether oxygens (including phenoxy) is 1. The van der Waals surface area contributed by atoms with Gasteiger partial charge in [-0.05, 0) is 24.1 Å². The van der Waals surface area contributed by atoms with Gasteiger partial charge in [0.1, 0.15) is 11.8 Å². The van der Waals surface area contributed by atoms with Crippen LogP contribution < -0.4 is 4.74 Å². The first-order chi connectivity index (χ1) is 8.12. The molecule has 0 heterocycles. The van der Waals surface area contributed by atoms with E-state index < -0.39 is 0 Å². The normalized spacial score (nSPS) is 10.9. The van der Waals surface area contributed by atoms with Crippen molar-refractivity contribution in [3.8, 4) is 11.8 Å². The van der Waals surface area contributed by atoms with E-state index in [0.717, 1.165) is 17.7 Å². The molecule has 0 unspecified atom stereocenters. The molecule has 0 amide bonds. The van der Waals surface area contributed by atoms with Crippen LogP contribution in [0.1, 0.15) is 18.1 Å². The van der Waals surface area contributed by atoms with E-state index in [1.165, 1.54) is 5.56 Å². The molecule has 0 aliphatic carbocycles. The van der Waals surface area contributed by atoms with Gasteiger partial charge in [-0.15, -0.1) is 0 Å². The third-order valence-electron chi connectivity index (χ3n) is 2.47. The molecule has 3 nitrogen and oxygen atoms in total.